The Morgan fingerprint density at radius 3 is 2.41 bits per heavy atom. The number of nitrogens with one attached hydrogen (secondary N) is 1. The van der Waals surface area contributed by atoms with E-state index in [0.717, 1.165) is 25.6 Å². The van der Waals surface area contributed by atoms with Gasteiger partial charge < -0.3 is 10.6 Å². The highest BCUT2D eigenvalue weighted by Crippen LogP contribution is 2.24. The Bertz CT molecular complexity index is 282. The summed E-state index contributed by atoms with van der Waals surface area (Å²) in [6.45, 7) is 7.19. The Balaban J connectivity index is 1.90. The maximum Gasteiger partial charge on any atom is 0.238 e. The largest absolute Gasteiger partial charge is 0.368 e. The molecule has 0 aromatic rings. The average molecular weight is 239 g/mol. The normalized spacial score (nSPS) is 26.7. The van der Waals surface area contributed by atoms with E-state index in [2.05, 4.69) is 17.1 Å². The standard InChI is InChI=1S/C13H25N3O/c1-10-5-7-16(8-6-10)9-13(2,12(14)17)15-11-3-4-11/h10-11,15H,3-9H2,1-2H3,(H2,14,17). The molecule has 2 aliphatic rings. The van der Waals surface area contributed by atoms with E-state index >= 15 is 0 Å². The average Bonchev–Trinajstić information content (AvgIpc) is 3.05. The molecule has 4 heteroatoms. The van der Waals surface area contributed by atoms with Gasteiger partial charge in [-0.15, -0.1) is 0 Å². The van der Waals surface area contributed by atoms with Gasteiger partial charge in [0.05, 0.1) is 0 Å². The summed E-state index contributed by atoms with van der Waals surface area (Å²) in [5.41, 5.74) is 5.01. The molecule has 2 rings (SSSR count). The van der Waals surface area contributed by atoms with E-state index in [1.54, 1.807) is 0 Å². The topological polar surface area (TPSA) is 58.4 Å². The summed E-state index contributed by atoms with van der Waals surface area (Å²) in [6, 6.07) is 0.510. The number of piperidine rings is 1. The van der Waals surface area contributed by atoms with Crippen molar-refractivity contribution in [2.75, 3.05) is 19.6 Å². The van der Waals surface area contributed by atoms with Crippen molar-refractivity contribution in [3.05, 3.63) is 0 Å². The number of hydrogen-bond acceptors (Lipinski definition) is 3. The van der Waals surface area contributed by atoms with Crippen LogP contribution in [0.1, 0.15) is 39.5 Å². The van der Waals surface area contributed by atoms with Gasteiger partial charge in [-0.25, -0.2) is 0 Å². The van der Waals surface area contributed by atoms with Crippen LogP contribution in [-0.2, 0) is 4.79 Å². The second kappa shape index (κ2) is 4.94. The number of likely N-dealkylation sites (tertiary alicyclic amines) is 1. The molecule has 3 N–H and O–H groups in total. The van der Waals surface area contributed by atoms with Crippen LogP contribution in [0.4, 0.5) is 0 Å². The smallest absolute Gasteiger partial charge is 0.238 e. The second-order valence-corrected chi connectivity index (χ2v) is 6.07. The molecule has 0 aromatic carbocycles. The van der Waals surface area contributed by atoms with Crippen molar-refractivity contribution in [3.63, 3.8) is 0 Å². The molecular formula is C13H25N3O. The van der Waals surface area contributed by atoms with E-state index in [0.29, 0.717) is 6.04 Å². The molecule has 17 heavy (non-hydrogen) atoms. The third-order valence-corrected chi connectivity index (χ3v) is 4.06. The van der Waals surface area contributed by atoms with Crippen LogP contribution in [0.2, 0.25) is 0 Å². The zero-order valence-electron chi connectivity index (χ0n) is 11.0. The van der Waals surface area contributed by atoms with E-state index < -0.39 is 5.54 Å². The fourth-order valence-corrected chi connectivity index (χ4v) is 2.54. The third kappa shape index (κ3) is 3.42. The van der Waals surface area contributed by atoms with Crippen molar-refractivity contribution < 1.29 is 4.79 Å². The number of carbonyl (C=O) groups excluding carboxylic acids is 1. The number of carbonyl (C=O) groups is 1. The summed E-state index contributed by atoms with van der Waals surface area (Å²) < 4.78 is 0. The Hall–Kier alpha value is -0.610. The number of nitrogens with zero attached hydrogens (tertiary/aromatic N) is 1. The Kier molecular flexibility index (Phi) is 3.73. The Labute approximate surface area is 104 Å². The van der Waals surface area contributed by atoms with Gasteiger partial charge in [0.25, 0.3) is 0 Å². The lowest BCUT2D eigenvalue weighted by atomic mass is 9.95. The van der Waals surface area contributed by atoms with Crippen LogP contribution in [0.3, 0.4) is 0 Å². The SMILES string of the molecule is CC1CCN(CC(C)(NC2CC2)C(N)=O)CC1. The van der Waals surface area contributed by atoms with Gasteiger partial charge in [0.2, 0.25) is 5.91 Å². The summed E-state index contributed by atoms with van der Waals surface area (Å²) >= 11 is 0. The van der Waals surface area contributed by atoms with Crippen molar-refractivity contribution in [3.8, 4) is 0 Å². The summed E-state index contributed by atoms with van der Waals surface area (Å²) in [5, 5.41) is 3.41. The highest BCUT2D eigenvalue weighted by molar-refractivity contribution is 5.84. The summed E-state index contributed by atoms with van der Waals surface area (Å²) in [6.07, 6.45) is 4.83. The first-order chi connectivity index (χ1) is 7.99. The van der Waals surface area contributed by atoms with Gasteiger partial charge in [-0.2, -0.15) is 0 Å². The third-order valence-electron chi connectivity index (χ3n) is 4.06. The molecule has 1 amide bonds. The molecule has 0 aromatic heterocycles. The minimum absolute atomic E-state index is 0.219. The monoisotopic (exact) mass is 239 g/mol. The van der Waals surface area contributed by atoms with Crippen LogP contribution in [0, 0.1) is 5.92 Å². The molecular weight excluding hydrogens is 214 g/mol. The van der Waals surface area contributed by atoms with Crippen molar-refractivity contribution in [2.45, 2.75) is 51.1 Å². The minimum Gasteiger partial charge on any atom is -0.368 e. The molecule has 2 fully saturated rings. The van der Waals surface area contributed by atoms with Crippen LogP contribution >= 0.6 is 0 Å². The van der Waals surface area contributed by atoms with Gasteiger partial charge in [0, 0.05) is 12.6 Å². The fraction of sp³-hybridized carbons (Fsp3) is 0.923. The predicted octanol–water partition coefficient (Wildman–Crippen LogP) is 0.714. The minimum atomic E-state index is -0.554. The molecule has 1 aliphatic heterocycles. The van der Waals surface area contributed by atoms with Crippen molar-refractivity contribution in [2.24, 2.45) is 11.7 Å². The van der Waals surface area contributed by atoms with Crippen LogP contribution in [0.5, 0.6) is 0 Å². The van der Waals surface area contributed by atoms with Gasteiger partial charge in [-0.1, -0.05) is 6.92 Å². The lowest BCUT2D eigenvalue weighted by molar-refractivity contribution is -0.124. The first kappa shape index (κ1) is 12.8. The molecule has 1 saturated heterocycles. The maximum absolute atomic E-state index is 11.7. The van der Waals surface area contributed by atoms with Crippen LogP contribution in [-0.4, -0.2) is 42.0 Å². The van der Waals surface area contributed by atoms with Gasteiger partial charge in [0.15, 0.2) is 0 Å². The number of amides is 1. The lowest BCUT2D eigenvalue weighted by Crippen LogP contribution is -2.60. The molecule has 1 aliphatic carbocycles. The van der Waals surface area contributed by atoms with Gasteiger partial charge in [-0.05, 0) is 51.6 Å². The fourth-order valence-electron chi connectivity index (χ4n) is 2.54. The van der Waals surface area contributed by atoms with Gasteiger partial charge in [0.1, 0.15) is 5.54 Å². The molecule has 1 saturated carbocycles. The van der Waals surface area contributed by atoms with Crippen molar-refractivity contribution >= 4 is 5.91 Å². The second-order valence-electron chi connectivity index (χ2n) is 6.07. The Morgan fingerprint density at radius 2 is 1.94 bits per heavy atom. The molecule has 0 radical (unpaired) electrons. The first-order valence-electron chi connectivity index (χ1n) is 6.79. The molecule has 0 bridgehead atoms. The van der Waals surface area contributed by atoms with Gasteiger partial charge in [-0.3, -0.25) is 10.1 Å². The van der Waals surface area contributed by atoms with Crippen LogP contribution in [0.25, 0.3) is 0 Å². The first-order valence-corrected chi connectivity index (χ1v) is 6.79. The van der Waals surface area contributed by atoms with E-state index in [9.17, 15) is 4.79 Å². The Morgan fingerprint density at radius 1 is 1.35 bits per heavy atom. The predicted molar refractivity (Wildman–Crippen MR) is 68.6 cm³/mol. The van der Waals surface area contributed by atoms with Crippen molar-refractivity contribution in [1.82, 2.24) is 10.2 Å². The molecule has 0 spiro atoms. The molecule has 1 heterocycles. The molecule has 1 atom stereocenters. The zero-order chi connectivity index (χ0) is 12.5. The van der Waals surface area contributed by atoms with E-state index in [-0.39, 0.29) is 5.91 Å². The molecule has 4 nitrogen and oxygen atoms in total. The maximum atomic E-state index is 11.7. The van der Waals surface area contributed by atoms with E-state index in [4.69, 9.17) is 5.73 Å². The number of nitrogens with two attached hydrogens (primary N) is 1. The highest BCUT2D eigenvalue weighted by atomic mass is 16.1. The highest BCUT2D eigenvalue weighted by Gasteiger charge is 2.38. The lowest BCUT2D eigenvalue weighted by Gasteiger charge is -2.37. The van der Waals surface area contributed by atoms with Gasteiger partial charge >= 0.3 is 0 Å². The zero-order valence-corrected chi connectivity index (χ0v) is 11.0. The summed E-state index contributed by atoms with van der Waals surface area (Å²) in [7, 11) is 0. The van der Waals surface area contributed by atoms with E-state index in [1.807, 2.05) is 6.92 Å². The van der Waals surface area contributed by atoms with Crippen LogP contribution in [0.15, 0.2) is 0 Å². The number of primary amides is 1. The molecule has 1 unspecified atom stereocenters. The van der Waals surface area contributed by atoms with Crippen LogP contribution < -0.4 is 11.1 Å². The number of hydrogen-bond donors (Lipinski definition) is 2. The molecule has 98 valence electrons. The van der Waals surface area contributed by atoms with E-state index in [1.165, 1.54) is 25.7 Å². The van der Waals surface area contributed by atoms with Crippen molar-refractivity contribution in [1.29, 1.82) is 0 Å². The quantitative estimate of drug-likeness (QED) is 0.743. The summed E-state index contributed by atoms with van der Waals surface area (Å²) in [5.74, 6) is 0.602. The number of rotatable bonds is 5. The summed E-state index contributed by atoms with van der Waals surface area (Å²) in [4.78, 5) is 14.0.